The summed E-state index contributed by atoms with van der Waals surface area (Å²) in [5.41, 5.74) is 4.83. The van der Waals surface area contributed by atoms with Crippen molar-refractivity contribution < 1.29 is 4.74 Å². The van der Waals surface area contributed by atoms with Gasteiger partial charge in [0.05, 0.1) is 7.11 Å². The maximum Gasteiger partial charge on any atom is 0.224 e. The number of rotatable bonds is 8. The molecule has 2 N–H and O–H groups in total. The van der Waals surface area contributed by atoms with E-state index in [1.54, 1.807) is 13.3 Å². The summed E-state index contributed by atoms with van der Waals surface area (Å²) in [6, 6.07) is 16.3. The summed E-state index contributed by atoms with van der Waals surface area (Å²) in [5.74, 6) is 2.28. The molecule has 0 spiro atoms. The third-order valence-corrected chi connectivity index (χ3v) is 4.48. The van der Waals surface area contributed by atoms with Crippen molar-refractivity contribution >= 4 is 17.5 Å². The minimum Gasteiger partial charge on any atom is -0.497 e. The van der Waals surface area contributed by atoms with Gasteiger partial charge >= 0.3 is 0 Å². The van der Waals surface area contributed by atoms with E-state index in [0.717, 1.165) is 36.6 Å². The Morgan fingerprint density at radius 2 is 1.93 bits per heavy atom. The molecule has 1 heterocycles. The van der Waals surface area contributed by atoms with E-state index in [2.05, 4.69) is 58.7 Å². The van der Waals surface area contributed by atoms with Crippen LogP contribution in [0.2, 0.25) is 0 Å². The highest BCUT2D eigenvalue weighted by molar-refractivity contribution is 5.65. The molecule has 0 bridgehead atoms. The number of ether oxygens (including phenoxy) is 1. The molecule has 0 radical (unpaired) electrons. The Morgan fingerprint density at radius 1 is 1.07 bits per heavy atom. The Bertz CT molecular complexity index is 895. The topological polar surface area (TPSA) is 59.1 Å². The number of methoxy groups -OCH3 is 1. The van der Waals surface area contributed by atoms with E-state index in [-0.39, 0.29) is 0 Å². The molecule has 0 aliphatic rings. The number of aryl methyl sites for hydroxylation is 2. The molecule has 3 rings (SSSR count). The number of hydrogen-bond acceptors (Lipinski definition) is 5. The van der Waals surface area contributed by atoms with Gasteiger partial charge in [0.25, 0.3) is 0 Å². The van der Waals surface area contributed by atoms with Gasteiger partial charge in [-0.05, 0) is 54.7 Å². The first kappa shape index (κ1) is 18.7. The second-order valence-corrected chi connectivity index (χ2v) is 6.38. The van der Waals surface area contributed by atoms with E-state index in [1.807, 2.05) is 24.3 Å². The van der Waals surface area contributed by atoms with E-state index in [9.17, 15) is 0 Å². The molecule has 0 saturated heterocycles. The number of hydrogen-bond donors (Lipinski definition) is 2. The third kappa shape index (κ3) is 4.97. The largest absolute Gasteiger partial charge is 0.497 e. The summed E-state index contributed by atoms with van der Waals surface area (Å²) in [4.78, 5) is 8.92. The molecule has 0 aliphatic heterocycles. The van der Waals surface area contributed by atoms with Gasteiger partial charge in [0.2, 0.25) is 5.95 Å². The van der Waals surface area contributed by atoms with Gasteiger partial charge in [0.15, 0.2) is 0 Å². The van der Waals surface area contributed by atoms with E-state index in [1.165, 1.54) is 16.7 Å². The molecule has 5 nitrogen and oxygen atoms in total. The molecule has 0 saturated carbocycles. The maximum atomic E-state index is 5.27. The van der Waals surface area contributed by atoms with Crippen LogP contribution < -0.4 is 15.4 Å². The molecule has 27 heavy (non-hydrogen) atoms. The maximum absolute atomic E-state index is 5.27. The Balaban J connectivity index is 1.64. The molecule has 2 aromatic carbocycles. The normalized spacial score (nSPS) is 10.5. The van der Waals surface area contributed by atoms with E-state index < -0.39 is 0 Å². The number of nitrogens with zero attached hydrogens (tertiary/aromatic N) is 2. The molecule has 0 fully saturated rings. The second kappa shape index (κ2) is 9.03. The standard InChI is InChI=1S/C22H26N4O/c1-4-18-9-5-7-16(2)21(18)25-20-12-14-24-22(26-20)23-13-11-17-8-6-10-19(15-17)27-3/h5-10,12,14-15H,4,11,13H2,1-3H3,(H2,23,24,25,26). The average Bonchev–Trinajstić information content (AvgIpc) is 2.70. The summed E-state index contributed by atoms with van der Waals surface area (Å²) >= 11 is 0. The summed E-state index contributed by atoms with van der Waals surface area (Å²) in [6.07, 6.45) is 3.61. The predicted octanol–water partition coefficient (Wildman–Crippen LogP) is 4.75. The van der Waals surface area contributed by atoms with Gasteiger partial charge in [0.1, 0.15) is 11.6 Å². The highest BCUT2D eigenvalue weighted by Gasteiger charge is 2.06. The van der Waals surface area contributed by atoms with E-state index in [4.69, 9.17) is 4.74 Å². The molecular formula is C22H26N4O. The zero-order valence-corrected chi connectivity index (χ0v) is 16.1. The highest BCUT2D eigenvalue weighted by atomic mass is 16.5. The van der Waals surface area contributed by atoms with Crippen LogP contribution in [0.3, 0.4) is 0 Å². The van der Waals surface area contributed by atoms with E-state index >= 15 is 0 Å². The minimum atomic E-state index is 0.620. The number of aromatic nitrogens is 2. The van der Waals surface area contributed by atoms with Crippen LogP contribution in [0.4, 0.5) is 17.5 Å². The fourth-order valence-electron chi connectivity index (χ4n) is 2.99. The summed E-state index contributed by atoms with van der Waals surface area (Å²) in [6.45, 7) is 5.02. The van der Waals surface area contributed by atoms with Crippen LogP contribution in [0.15, 0.2) is 54.7 Å². The van der Waals surface area contributed by atoms with Crippen molar-refractivity contribution in [1.29, 1.82) is 0 Å². The SMILES string of the molecule is CCc1cccc(C)c1Nc1ccnc(NCCc2cccc(OC)c2)n1. The van der Waals surface area contributed by atoms with Gasteiger partial charge in [-0.25, -0.2) is 4.98 Å². The van der Waals surface area contributed by atoms with Crippen LogP contribution in [0.1, 0.15) is 23.6 Å². The first-order valence-electron chi connectivity index (χ1n) is 9.25. The van der Waals surface area contributed by atoms with Gasteiger partial charge in [-0.2, -0.15) is 4.98 Å². The number of anilines is 3. The fraction of sp³-hybridized carbons (Fsp3) is 0.273. The first-order valence-corrected chi connectivity index (χ1v) is 9.25. The number of nitrogens with one attached hydrogen (secondary N) is 2. The Hall–Kier alpha value is -3.08. The van der Waals surface area contributed by atoms with Crippen LogP contribution >= 0.6 is 0 Å². The Labute approximate surface area is 160 Å². The van der Waals surface area contributed by atoms with Crippen molar-refractivity contribution in [3.05, 3.63) is 71.4 Å². The smallest absolute Gasteiger partial charge is 0.224 e. The van der Waals surface area contributed by atoms with Gasteiger partial charge in [-0.1, -0.05) is 37.3 Å². The van der Waals surface area contributed by atoms with E-state index in [0.29, 0.717) is 5.95 Å². The zero-order valence-electron chi connectivity index (χ0n) is 16.1. The predicted molar refractivity (Wildman–Crippen MR) is 111 cm³/mol. The monoisotopic (exact) mass is 362 g/mol. The quantitative estimate of drug-likeness (QED) is 0.605. The van der Waals surface area contributed by atoms with Crippen LogP contribution in [0.5, 0.6) is 5.75 Å². The minimum absolute atomic E-state index is 0.620. The lowest BCUT2D eigenvalue weighted by Gasteiger charge is -2.14. The van der Waals surface area contributed by atoms with Crippen molar-refractivity contribution in [1.82, 2.24) is 9.97 Å². The molecular weight excluding hydrogens is 336 g/mol. The van der Waals surface area contributed by atoms with Crippen molar-refractivity contribution in [3.63, 3.8) is 0 Å². The summed E-state index contributed by atoms with van der Waals surface area (Å²) < 4.78 is 5.27. The van der Waals surface area contributed by atoms with Crippen molar-refractivity contribution in [2.45, 2.75) is 26.7 Å². The lowest BCUT2D eigenvalue weighted by Crippen LogP contribution is -2.09. The van der Waals surface area contributed by atoms with Crippen LogP contribution in [-0.2, 0) is 12.8 Å². The summed E-state index contributed by atoms with van der Waals surface area (Å²) in [7, 11) is 1.68. The van der Waals surface area contributed by atoms with Gasteiger partial charge < -0.3 is 15.4 Å². The highest BCUT2D eigenvalue weighted by Crippen LogP contribution is 2.24. The Kier molecular flexibility index (Phi) is 6.26. The fourth-order valence-corrected chi connectivity index (χ4v) is 2.99. The van der Waals surface area contributed by atoms with Gasteiger partial charge in [-0.3, -0.25) is 0 Å². The second-order valence-electron chi connectivity index (χ2n) is 6.38. The molecule has 5 heteroatoms. The zero-order chi connectivity index (χ0) is 19.1. The van der Waals surface area contributed by atoms with Crippen molar-refractivity contribution in [2.75, 3.05) is 24.3 Å². The van der Waals surface area contributed by atoms with Crippen molar-refractivity contribution in [3.8, 4) is 5.75 Å². The number of para-hydroxylation sites is 1. The molecule has 140 valence electrons. The molecule has 3 aromatic rings. The number of benzene rings is 2. The summed E-state index contributed by atoms with van der Waals surface area (Å²) in [5, 5.41) is 6.74. The van der Waals surface area contributed by atoms with Crippen molar-refractivity contribution in [2.24, 2.45) is 0 Å². The Morgan fingerprint density at radius 3 is 2.74 bits per heavy atom. The molecule has 0 amide bonds. The van der Waals surface area contributed by atoms with Gasteiger partial charge in [0, 0.05) is 18.4 Å². The van der Waals surface area contributed by atoms with Crippen LogP contribution in [-0.4, -0.2) is 23.6 Å². The van der Waals surface area contributed by atoms with Crippen LogP contribution in [0.25, 0.3) is 0 Å². The molecule has 0 unspecified atom stereocenters. The first-order chi connectivity index (χ1) is 13.2. The molecule has 1 aromatic heterocycles. The lowest BCUT2D eigenvalue weighted by atomic mass is 10.1. The third-order valence-electron chi connectivity index (χ3n) is 4.48. The van der Waals surface area contributed by atoms with Crippen LogP contribution in [0, 0.1) is 6.92 Å². The molecule has 0 atom stereocenters. The molecule has 0 aliphatic carbocycles. The lowest BCUT2D eigenvalue weighted by molar-refractivity contribution is 0.414. The average molecular weight is 362 g/mol. The van der Waals surface area contributed by atoms with Gasteiger partial charge in [-0.15, -0.1) is 0 Å².